The normalized spacial score (nSPS) is 11.5. The minimum atomic E-state index is -0.217. The quantitative estimate of drug-likeness (QED) is 0.899. The second-order valence-electron chi connectivity index (χ2n) is 5.63. The smallest absolute Gasteiger partial charge is 0.254 e. The molecule has 0 saturated heterocycles. The third-order valence-electron chi connectivity index (χ3n) is 2.97. The van der Waals surface area contributed by atoms with Gasteiger partial charge in [-0.3, -0.25) is 9.78 Å². The Kier molecular flexibility index (Phi) is 3.42. The monoisotopic (exact) mass is 258 g/mol. The highest BCUT2D eigenvalue weighted by Crippen LogP contribution is 2.24. The van der Waals surface area contributed by atoms with E-state index in [4.69, 9.17) is 0 Å². The highest BCUT2D eigenvalue weighted by atomic mass is 16.3. The largest absolute Gasteiger partial charge is 0.508 e. The zero-order chi connectivity index (χ0) is 14.0. The molecule has 1 N–H and O–H groups in total. The Balaban J connectivity index is 2.53. The van der Waals surface area contributed by atoms with Gasteiger partial charge in [0.05, 0.1) is 6.54 Å². The number of hydrogen-bond donors (Lipinski definition) is 1. The van der Waals surface area contributed by atoms with Crippen LogP contribution in [0.2, 0.25) is 0 Å². The van der Waals surface area contributed by atoms with Crippen LogP contribution < -0.4 is 5.56 Å². The van der Waals surface area contributed by atoms with E-state index in [0.717, 1.165) is 11.3 Å². The van der Waals surface area contributed by atoms with Crippen molar-refractivity contribution in [3.63, 3.8) is 0 Å². The average Bonchev–Trinajstić information content (AvgIpc) is 2.32. The molecule has 0 amide bonds. The van der Waals surface area contributed by atoms with Crippen LogP contribution in [0.15, 0.2) is 41.5 Å². The molecule has 0 aromatic carbocycles. The number of pyridine rings is 2. The Labute approximate surface area is 112 Å². The highest BCUT2D eigenvalue weighted by molar-refractivity contribution is 5.27. The first-order valence-corrected chi connectivity index (χ1v) is 6.21. The van der Waals surface area contributed by atoms with E-state index in [0.29, 0.717) is 6.54 Å². The van der Waals surface area contributed by atoms with Crippen molar-refractivity contribution in [2.45, 2.75) is 32.7 Å². The molecule has 0 fully saturated rings. The summed E-state index contributed by atoms with van der Waals surface area (Å²) < 4.78 is 1.69. The van der Waals surface area contributed by atoms with Crippen LogP contribution in [-0.2, 0) is 12.0 Å². The van der Waals surface area contributed by atoms with Gasteiger partial charge in [-0.25, -0.2) is 0 Å². The average molecular weight is 258 g/mol. The zero-order valence-corrected chi connectivity index (χ0v) is 11.4. The minimum absolute atomic E-state index is 0.0147. The molecule has 0 saturated carbocycles. The lowest BCUT2D eigenvalue weighted by Crippen LogP contribution is -2.29. The number of hydrogen-bond acceptors (Lipinski definition) is 3. The van der Waals surface area contributed by atoms with Crippen molar-refractivity contribution in [2.75, 3.05) is 0 Å². The maximum absolute atomic E-state index is 12.1. The van der Waals surface area contributed by atoms with E-state index >= 15 is 0 Å². The lowest BCUT2D eigenvalue weighted by atomic mass is 9.91. The van der Waals surface area contributed by atoms with Crippen LogP contribution in [0.5, 0.6) is 5.75 Å². The van der Waals surface area contributed by atoms with Crippen molar-refractivity contribution in [3.8, 4) is 5.75 Å². The Morgan fingerprint density at radius 2 is 1.84 bits per heavy atom. The molecule has 19 heavy (non-hydrogen) atoms. The molecule has 0 bridgehead atoms. The second kappa shape index (κ2) is 4.88. The molecule has 0 atom stereocenters. The van der Waals surface area contributed by atoms with E-state index in [9.17, 15) is 9.90 Å². The van der Waals surface area contributed by atoms with Gasteiger partial charge in [-0.05, 0) is 17.7 Å². The Morgan fingerprint density at radius 1 is 1.21 bits per heavy atom. The van der Waals surface area contributed by atoms with Crippen molar-refractivity contribution in [1.82, 2.24) is 9.55 Å². The molecular weight excluding hydrogens is 240 g/mol. The summed E-state index contributed by atoms with van der Waals surface area (Å²) in [6.45, 7) is 6.53. The maximum atomic E-state index is 12.1. The van der Waals surface area contributed by atoms with E-state index in [-0.39, 0.29) is 16.7 Å². The Hall–Kier alpha value is -2.10. The summed E-state index contributed by atoms with van der Waals surface area (Å²) >= 11 is 0. The van der Waals surface area contributed by atoms with E-state index in [1.807, 2.05) is 32.9 Å². The first-order chi connectivity index (χ1) is 8.88. The number of aromatic hydroxyl groups is 1. The van der Waals surface area contributed by atoms with Gasteiger partial charge >= 0.3 is 0 Å². The summed E-state index contributed by atoms with van der Waals surface area (Å²) in [6.07, 6.45) is 3.41. The van der Waals surface area contributed by atoms with Crippen LogP contribution in [0.3, 0.4) is 0 Å². The summed E-state index contributed by atoms with van der Waals surface area (Å²) in [5.74, 6) is 0.0147. The van der Waals surface area contributed by atoms with Crippen LogP contribution in [0.25, 0.3) is 0 Å². The summed E-state index contributed by atoms with van der Waals surface area (Å²) in [5.41, 5.74) is 1.41. The summed E-state index contributed by atoms with van der Waals surface area (Å²) in [5, 5.41) is 9.62. The van der Waals surface area contributed by atoms with Gasteiger partial charge in [0.1, 0.15) is 5.75 Å². The molecule has 2 heterocycles. The standard InChI is InChI=1S/C15H18N2O2/c1-15(2,3)13-8-12(18)9-14(19)17(13)10-11-4-6-16-7-5-11/h4-9,18H,10H2,1-3H3. The fourth-order valence-corrected chi connectivity index (χ4v) is 2.04. The predicted octanol–water partition coefficient (Wildman–Crippen LogP) is 2.29. The third kappa shape index (κ3) is 3.02. The second-order valence-corrected chi connectivity index (χ2v) is 5.63. The predicted molar refractivity (Wildman–Crippen MR) is 74.4 cm³/mol. The highest BCUT2D eigenvalue weighted by Gasteiger charge is 2.20. The molecule has 2 aromatic rings. The summed E-state index contributed by atoms with van der Waals surface area (Å²) in [4.78, 5) is 16.1. The van der Waals surface area contributed by atoms with Crippen LogP contribution in [0, 0.1) is 0 Å². The van der Waals surface area contributed by atoms with Crippen molar-refractivity contribution >= 4 is 0 Å². The fraction of sp³-hybridized carbons (Fsp3) is 0.333. The lowest BCUT2D eigenvalue weighted by molar-refractivity contribution is 0.456. The molecule has 0 radical (unpaired) electrons. The van der Waals surface area contributed by atoms with Gasteiger partial charge in [0.2, 0.25) is 0 Å². The maximum Gasteiger partial charge on any atom is 0.254 e. The van der Waals surface area contributed by atoms with Gasteiger partial charge < -0.3 is 9.67 Å². The zero-order valence-electron chi connectivity index (χ0n) is 11.4. The molecule has 0 unspecified atom stereocenters. The van der Waals surface area contributed by atoms with Gasteiger partial charge in [0.25, 0.3) is 5.56 Å². The van der Waals surface area contributed by atoms with Crippen LogP contribution in [0.1, 0.15) is 32.0 Å². The van der Waals surface area contributed by atoms with Gasteiger partial charge in [-0.2, -0.15) is 0 Å². The summed E-state index contributed by atoms with van der Waals surface area (Å²) in [7, 11) is 0. The minimum Gasteiger partial charge on any atom is -0.508 e. The molecule has 2 rings (SSSR count). The third-order valence-corrected chi connectivity index (χ3v) is 2.97. The van der Waals surface area contributed by atoms with Crippen molar-refractivity contribution in [2.24, 2.45) is 0 Å². The van der Waals surface area contributed by atoms with Crippen molar-refractivity contribution < 1.29 is 5.11 Å². The first kappa shape index (κ1) is 13.3. The van der Waals surface area contributed by atoms with E-state index in [1.54, 1.807) is 23.0 Å². The van der Waals surface area contributed by atoms with Crippen molar-refractivity contribution in [3.05, 3.63) is 58.3 Å². The first-order valence-electron chi connectivity index (χ1n) is 6.21. The molecule has 4 heteroatoms. The fourth-order valence-electron chi connectivity index (χ4n) is 2.04. The Bertz CT molecular complexity index is 625. The molecule has 0 aliphatic carbocycles. The van der Waals surface area contributed by atoms with Gasteiger partial charge in [-0.1, -0.05) is 20.8 Å². The van der Waals surface area contributed by atoms with Crippen LogP contribution in [0.4, 0.5) is 0 Å². The van der Waals surface area contributed by atoms with Crippen molar-refractivity contribution in [1.29, 1.82) is 0 Å². The molecule has 0 spiro atoms. The number of aromatic nitrogens is 2. The van der Waals surface area contributed by atoms with E-state index in [2.05, 4.69) is 4.98 Å². The number of nitrogens with zero attached hydrogens (tertiary/aromatic N) is 2. The van der Waals surface area contributed by atoms with Crippen LogP contribution >= 0.6 is 0 Å². The Morgan fingerprint density at radius 3 is 2.42 bits per heavy atom. The molecular formula is C15H18N2O2. The van der Waals surface area contributed by atoms with Gasteiger partial charge in [0, 0.05) is 35.6 Å². The molecule has 4 nitrogen and oxygen atoms in total. The SMILES string of the molecule is CC(C)(C)c1cc(O)cc(=O)n1Cc1ccncc1. The molecule has 0 aliphatic rings. The van der Waals surface area contributed by atoms with E-state index < -0.39 is 0 Å². The van der Waals surface area contributed by atoms with E-state index in [1.165, 1.54) is 6.07 Å². The molecule has 0 aliphatic heterocycles. The topological polar surface area (TPSA) is 55.1 Å². The lowest BCUT2D eigenvalue weighted by Gasteiger charge is -2.24. The molecule has 2 aromatic heterocycles. The summed E-state index contributed by atoms with van der Waals surface area (Å²) in [6, 6.07) is 6.66. The van der Waals surface area contributed by atoms with Gasteiger partial charge in [0.15, 0.2) is 0 Å². The van der Waals surface area contributed by atoms with Crippen LogP contribution in [-0.4, -0.2) is 14.7 Å². The number of rotatable bonds is 2. The van der Waals surface area contributed by atoms with Gasteiger partial charge in [-0.15, -0.1) is 0 Å². The molecule has 100 valence electrons.